The predicted octanol–water partition coefficient (Wildman–Crippen LogP) is 1.68. The van der Waals surface area contributed by atoms with Crippen LogP contribution in [0.2, 0.25) is 0 Å². The molecule has 2 fully saturated rings. The first-order chi connectivity index (χ1) is 9.29. The van der Waals surface area contributed by atoms with Crippen molar-refractivity contribution >= 4 is 11.8 Å². The van der Waals surface area contributed by atoms with Gasteiger partial charge in [-0.25, -0.2) is 0 Å². The molecule has 3 rings (SSSR count). The highest BCUT2D eigenvalue weighted by Crippen LogP contribution is 2.39. The average molecular weight is 282 g/mol. The Bertz CT molecular complexity index is 432. The predicted molar refractivity (Wildman–Crippen MR) is 75.2 cm³/mol. The molecule has 1 unspecified atom stereocenters. The fourth-order valence-electron chi connectivity index (χ4n) is 2.84. The zero-order chi connectivity index (χ0) is 13.2. The lowest BCUT2D eigenvalue weighted by molar-refractivity contribution is 0.263. The summed E-state index contributed by atoms with van der Waals surface area (Å²) in [5.74, 6) is 1.81. The Morgan fingerprint density at radius 3 is 2.79 bits per heavy atom. The fourth-order valence-corrected chi connectivity index (χ4v) is 3.91. The third-order valence-corrected chi connectivity index (χ3v) is 5.12. The molecule has 6 heteroatoms. The minimum atomic E-state index is -0.00454. The number of nitrogens with zero attached hydrogens (tertiary/aromatic N) is 4. The van der Waals surface area contributed by atoms with E-state index in [0.29, 0.717) is 6.04 Å². The van der Waals surface area contributed by atoms with Crippen molar-refractivity contribution in [2.45, 2.75) is 56.0 Å². The third kappa shape index (κ3) is 2.95. The van der Waals surface area contributed by atoms with Crippen LogP contribution in [0.5, 0.6) is 0 Å². The minimum Gasteiger partial charge on any atom is -0.388 e. The molecule has 0 aromatic carbocycles. The van der Waals surface area contributed by atoms with Crippen molar-refractivity contribution < 1.29 is 5.11 Å². The van der Waals surface area contributed by atoms with Crippen molar-refractivity contribution in [1.82, 2.24) is 19.7 Å². The van der Waals surface area contributed by atoms with Gasteiger partial charge < -0.3 is 14.6 Å². The number of likely N-dealkylation sites (tertiary alicyclic amines) is 1. The summed E-state index contributed by atoms with van der Waals surface area (Å²) in [5, 5.41) is 18.6. The van der Waals surface area contributed by atoms with Crippen molar-refractivity contribution in [3.63, 3.8) is 0 Å². The molecule has 0 amide bonds. The van der Waals surface area contributed by atoms with Crippen LogP contribution in [0.15, 0.2) is 5.16 Å². The van der Waals surface area contributed by atoms with E-state index in [1.807, 2.05) is 0 Å². The number of hydrogen-bond acceptors (Lipinski definition) is 5. The molecule has 2 heterocycles. The van der Waals surface area contributed by atoms with Crippen molar-refractivity contribution in [2.75, 3.05) is 19.3 Å². The Labute approximate surface area is 118 Å². The number of thioether (sulfide) groups is 1. The van der Waals surface area contributed by atoms with Gasteiger partial charge in [-0.15, -0.1) is 10.2 Å². The zero-order valence-electron chi connectivity index (χ0n) is 11.5. The molecule has 5 nitrogen and oxygen atoms in total. The summed E-state index contributed by atoms with van der Waals surface area (Å²) in [6, 6.07) is 1.27. The highest BCUT2D eigenvalue weighted by Gasteiger charge is 2.29. The van der Waals surface area contributed by atoms with Gasteiger partial charge in [0.2, 0.25) is 0 Å². The SMILES string of the molecule is CN1CCCC1CCSc1nnc(CO)n1C1CC1. The second-order valence-corrected chi connectivity index (χ2v) is 6.63. The van der Waals surface area contributed by atoms with E-state index in [9.17, 15) is 5.11 Å². The minimum absolute atomic E-state index is 0.00454. The van der Waals surface area contributed by atoms with Gasteiger partial charge in [-0.3, -0.25) is 0 Å². The molecule has 106 valence electrons. The molecule has 1 saturated heterocycles. The van der Waals surface area contributed by atoms with Crippen LogP contribution in [0.25, 0.3) is 0 Å². The molecular formula is C13H22N4OS. The lowest BCUT2D eigenvalue weighted by Crippen LogP contribution is -2.25. The van der Waals surface area contributed by atoms with E-state index in [1.165, 1.54) is 38.6 Å². The summed E-state index contributed by atoms with van der Waals surface area (Å²) in [4.78, 5) is 2.46. The second-order valence-electron chi connectivity index (χ2n) is 5.57. The quantitative estimate of drug-likeness (QED) is 0.805. The Balaban J connectivity index is 1.56. The van der Waals surface area contributed by atoms with Gasteiger partial charge in [-0.1, -0.05) is 11.8 Å². The van der Waals surface area contributed by atoms with E-state index >= 15 is 0 Å². The van der Waals surface area contributed by atoms with Crippen molar-refractivity contribution in [3.8, 4) is 0 Å². The van der Waals surface area contributed by atoms with Crippen LogP contribution in [0.1, 0.15) is 44.0 Å². The van der Waals surface area contributed by atoms with Gasteiger partial charge in [0.15, 0.2) is 11.0 Å². The lowest BCUT2D eigenvalue weighted by atomic mass is 10.2. The van der Waals surface area contributed by atoms with Gasteiger partial charge in [0.25, 0.3) is 0 Å². The Hall–Kier alpha value is -0.590. The van der Waals surface area contributed by atoms with Crippen LogP contribution in [-0.4, -0.2) is 50.2 Å². The number of hydrogen-bond donors (Lipinski definition) is 1. The van der Waals surface area contributed by atoms with Gasteiger partial charge in [0.1, 0.15) is 6.61 Å². The van der Waals surface area contributed by atoms with Crippen LogP contribution in [0, 0.1) is 0 Å². The summed E-state index contributed by atoms with van der Waals surface area (Å²) < 4.78 is 2.14. The highest BCUT2D eigenvalue weighted by atomic mass is 32.2. The van der Waals surface area contributed by atoms with Crippen molar-refractivity contribution in [1.29, 1.82) is 0 Å². The van der Waals surface area contributed by atoms with Crippen LogP contribution >= 0.6 is 11.8 Å². The maximum Gasteiger partial charge on any atom is 0.191 e. The Morgan fingerprint density at radius 1 is 1.32 bits per heavy atom. The van der Waals surface area contributed by atoms with E-state index in [1.54, 1.807) is 11.8 Å². The Kier molecular flexibility index (Phi) is 4.10. The van der Waals surface area contributed by atoms with Gasteiger partial charge in [0, 0.05) is 17.8 Å². The summed E-state index contributed by atoms with van der Waals surface area (Å²) in [6.45, 7) is 1.23. The molecule has 1 saturated carbocycles. The monoisotopic (exact) mass is 282 g/mol. The first kappa shape index (κ1) is 13.4. The molecular weight excluding hydrogens is 260 g/mol. The molecule has 2 aliphatic rings. The van der Waals surface area contributed by atoms with Gasteiger partial charge in [-0.2, -0.15) is 0 Å². The largest absolute Gasteiger partial charge is 0.388 e. The summed E-state index contributed by atoms with van der Waals surface area (Å²) in [5.41, 5.74) is 0. The van der Waals surface area contributed by atoms with Crippen LogP contribution < -0.4 is 0 Å². The number of aromatic nitrogens is 3. The Morgan fingerprint density at radius 2 is 2.16 bits per heavy atom. The molecule has 1 aliphatic carbocycles. The normalized spacial score (nSPS) is 24.2. The number of aliphatic hydroxyl groups is 1. The summed E-state index contributed by atoms with van der Waals surface area (Å²) in [7, 11) is 2.22. The van der Waals surface area contributed by atoms with E-state index in [0.717, 1.165) is 22.8 Å². The standard InChI is InChI=1S/C13H22N4OS/c1-16-7-2-3-10(16)6-8-19-13-15-14-12(9-18)17(13)11-4-5-11/h10-11,18H,2-9H2,1H3. The van der Waals surface area contributed by atoms with Crippen molar-refractivity contribution in [3.05, 3.63) is 5.82 Å². The topological polar surface area (TPSA) is 54.2 Å². The smallest absolute Gasteiger partial charge is 0.191 e. The van der Waals surface area contributed by atoms with E-state index < -0.39 is 0 Å². The van der Waals surface area contributed by atoms with E-state index in [2.05, 4.69) is 26.7 Å². The molecule has 0 spiro atoms. The van der Waals surface area contributed by atoms with Gasteiger partial charge in [-0.05, 0) is 45.7 Å². The summed E-state index contributed by atoms with van der Waals surface area (Å²) in [6.07, 6.45) is 6.27. The fraction of sp³-hybridized carbons (Fsp3) is 0.846. The number of aliphatic hydroxyl groups excluding tert-OH is 1. The van der Waals surface area contributed by atoms with E-state index in [-0.39, 0.29) is 6.61 Å². The summed E-state index contributed by atoms with van der Waals surface area (Å²) >= 11 is 1.79. The zero-order valence-corrected chi connectivity index (χ0v) is 12.3. The second kappa shape index (κ2) is 5.81. The van der Waals surface area contributed by atoms with Crippen molar-refractivity contribution in [2.24, 2.45) is 0 Å². The van der Waals surface area contributed by atoms with Crippen LogP contribution in [-0.2, 0) is 6.61 Å². The maximum atomic E-state index is 9.30. The first-order valence-electron chi connectivity index (χ1n) is 7.17. The van der Waals surface area contributed by atoms with E-state index in [4.69, 9.17) is 0 Å². The third-order valence-electron chi connectivity index (χ3n) is 4.14. The lowest BCUT2D eigenvalue weighted by Gasteiger charge is -2.18. The average Bonchev–Trinajstić information content (AvgIpc) is 3.05. The molecule has 0 bridgehead atoms. The molecule has 1 N–H and O–H groups in total. The molecule has 1 aromatic rings. The molecule has 0 radical (unpaired) electrons. The number of rotatable bonds is 6. The maximum absolute atomic E-state index is 9.30. The molecule has 1 aromatic heterocycles. The van der Waals surface area contributed by atoms with Crippen LogP contribution in [0.4, 0.5) is 0 Å². The molecule has 19 heavy (non-hydrogen) atoms. The highest BCUT2D eigenvalue weighted by molar-refractivity contribution is 7.99. The van der Waals surface area contributed by atoms with Crippen LogP contribution in [0.3, 0.4) is 0 Å². The van der Waals surface area contributed by atoms with Gasteiger partial charge >= 0.3 is 0 Å². The first-order valence-corrected chi connectivity index (χ1v) is 8.16. The molecule has 1 aliphatic heterocycles. The van der Waals surface area contributed by atoms with Gasteiger partial charge in [0.05, 0.1) is 0 Å². The molecule has 1 atom stereocenters.